The lowest BCUT2D eigenvalue weighted by Gasteiger charge is -2.23. The first-order valence-corrected chi connectivity index (χ1v) is 12.4. The molecule has 0 fully saturated rings. The van der Waals surface area contributed by atoms with Crippen LogP contribution in [0.25, 0.3) is 0 Å². The number of sulfonamides is 1. The van der Waals surface area contributed by atoms with E-state index >= 15 is 0 Å². The summed E-state index contributed by atoms with van der Waals surface area (Å²) in [7, 11) is -3.96. The van der Waals surface area contributed by atoms with Gasteiger partial charge in [-0.15, -0.1) is 0 Å². The van der Waals surface area contributed by atoms with Crippen LogP contribution in [0.2, 0.25) is 0 Å². The number of anilines is 1. The van der Waals surface area contributed by atoms with Gasteiger partial charge in [-0.1, -0.05) is 34.1 Å². The second kappa shape index (κ2) is 11.1. The zero-order valence-electron chi connectivity index (χ0n) is 18.2. The standard InChI is InChI=1S/C24H24BrN3O4S/c1-18(2)32-22-14-8-19(9-15-22)16-26-27-24(29)17-28(21-12-10-20(25)11-13-21)33(30,31)23-6-4-3-5-7-23/h3-16,18H,17H2,1-2H3,(H,27,29)/b26-16+. The molecule has 3 aromatic rings. The summed E-state index contributed by atoms with van der Waals surface area (Å²) in [5.41, 5.74) is 3.52. The van der Waals surface area contributed by atoms with Gasteiger partial charge in [0.2, 0.25) is 0 Å². The lowest BCUT2D eigenvalue weighted by molar-refractivity contribution is -0.119. The highest BCUT2D eigenvalue weighted by Crippen LogP contribution is 2.25. The molecular formula is C24H24BrN3O4S. The van der Waals surface area contributed by atoms with E-state index in [-0.39, 0.29) is 11.0 Å². The molecule has 0 saturated carbocycles. The molecule has 1 amide bonds. The summed E-state index contributed by atoms with van der Waals surface area (Å²) in [5, 5.41) is 3.95. The number of nitrogens with zero attached hydrogens (tertiary/aromatic N) is 2. The number of halogens is 1. The van der Waals surface area contributed by atoms with Crippen molar-refractivity contribution in [1.82, 2.24) is 5.43 Å². The van der Waals surface area contributed by atoms with Crippen LogP contribution in [0, 0.1) is 0 Å². The predicted octanol–water partition coefficient (Wildman–Crippen LogP) is 4.58. The van der Waals surface area contributed by atoms with Gasteiger partial charge in [0.25, 0.3) is 15.9 Å². The van der Waals surface area contributed by atoms with E-state index in [0.29, 0.717) is 5.69 Å². The van der Waals surface area contributed by atoms with E-state index < -0.39 is 22.5 Å². The molecule has 0 aromatic heterocycles. The summed E-state index contributed by atoms with van der Waals surface area (Å²) in [5.74, 6) is 0.163. The average molecular weight is 530 g/mol. The number of rotatable bonds is 9. The monoisotopic (exact) mass is 529 g/mol. The Balaban J connectivity index is 1.74. The molecule has 7 nitrogen and oxygen atoms in total. The molecule has 0 aliphatic rings. The van der Waals surface area contributed by atoms with E-state index in [0.717, 1.165) is 20.1 Å². The van der Waals surface area contributed by atoms with Gasteiger partial charge in [0, 0.05) is 4.47 Å². The third-order valence-electron chi connectivity index (χ3n) is 4.39. The number of carbonyl (C=O) groups excluding carboxylic acids is 1. The Morgan fingerprint density at radius 3 is 2.27 bits per heavy atom. The Morgan fingerprint density at radius 1 is 1.03 bits per heavy atom. The molecule has 0 saturated heterocycles. The lowest BCUT2D eigenvalue weighted by atomic mass is 10.2. The molecule has 0 atom stereocenters. The van der Waals surface area contributed by atoms with Crippen molar-refractivity contribution in [3.63, 3.8) is 0 Å². The maximum atomic E-state index is 13.2. The fourth-order valence-electron chi connectivity index (χ4n) is 2.89. The van der Waals surface area contributed by atoms with Crippen LogP contribution in [0.3, 0.4) is 0 Å². The molecule has 1 N–H and O–H groups in total. The molecule has 0 spiro atoms. The van der Waals surface area contributed by atoms with E-state index in [4.69, 9.17) is 4.74 Å². The maximum Gasteiger partial charge on any atom is 0.264 e. The van der Waals surface area contributed by atoms with Crippen molar-refractivity contribution < 1.29 is 17.9 Å². The van der Waals surface area contributed by atoms with Crippen molar-refractivity contribution in [2.24, 2.45) is 5.10 Å². The molecule has 3 aromatic carbocycles. The molecule has 172 valence electrons. The Bertz CT molecular complexity index is 1200. The first-order chi connectivity index (χ1) is 15.8. The first kappa shape index (κ1) is 24.5. The zero-order chi connectivity index (χ0) is 23.8. The minimum atomic E-state index is -3.96. The van der Waals surface area contributed by atoms with Gasteiger partial charge in [0.1, 0.15) is 12.3 Å². The first-order valence-electron chi connectivity index (χ1n) is 10.2. The van der Waals surface area contributed by atoms with E-state index in [2.05, 4.69) is 26.5 Å². The average Bonchev–Trinajstić information content (AvgIpc) is 2.79. The fraction of sp³-hybridized carbons (Fsp3) is 0.167. The Labute approximate surface area is 202 Å². The molecule has 0 aliphatic carbocycles. The van der Waals surface area contributed by atoms with Crippen molar-refractivity contribution in [2.75, 3.05) is 10.8 Å². The predicted molar refractivity (Wildman–Crippen MR) is 133 cm³/mol. The van der Waals surface area contributed by atoms with Gasteiger partial charge in [-0.05, 0) is 80.1 Å². The number of hydrogen-bond acceptors (Lipinski definition) is 5. The second-order valence-corrected chi connectivity index (χ2v) is 10.1. The topological polar surface area (TPSA) is 88.1 Å². The quantitative estimate of drug-likeness (QED) is 0.324. The summed E-state index contributed by atoms with van der Waals surface area (Å²) in [6.45, 7) is 3.46. The normalized spacial score (nSPS) is 11.5. The van der Waals surface area contributed by atoms with Crippen LogP contribution in [0.4, 0.5) is 5.69 Å². The number of ether oxygens (including phenoxy) is 1. The van der Waals surface area contributed by atoms with Crippen molar-refractivity contribution in [2.45, 2.75) is 24.8 Å². The van der Waals surface area contributed by atoms with Crippen molar-refractivity contribution in [3.8, 4) is 5.75 Å². The lowest BCUT2D eigenvalue weighted by Crippen LogP contribution is -2.39. The van der Waals surface area contributed by atoms with Gasteiger partial charge in [-0.3, -0.25) is 9.10 Å². The zero-order valence-corrected chi connectivity index (χ0v) is 20.6. The van der Waals surface area contributed by atoms with Gasteiger partial charge in [0.15, 0.2) is 0 Å². The minimum Gasteiger partial charge on any atom is -0.491 e. The number of benzene rings is 3. The number of amides is 1. The van der Waals surface area contributed by atoms with E-state index in [1.807, 2.05) is 26.0 Å². The molecule has 0 bridgehead atoms. The van der Waals surface area contributed by atoms with E-state index in [1.54, 1.807) is 54.6 Å². The molecule has 33 heavy (non-hydrogen) atoms. The van der Waals surface area contributed by atoms with Gasteiger partial charge in [0.05, 0.1) is 22.9 Å². The highest BCUT2D eigenvalue weighted by molar-refractivity contribution is 9.10. The Hall–Kier alpha value is -3.17. The van der Waals surface area contributed by atoms with Crippen LogP contribution in [0.15, 0.2) is 93.3 Å². The van der Waals surface area contributed by atoms with Crippen LogP contribution in [0.1, 0.15) is 19.4 Å². The fourth-order valence-corrected chi connectivity index (χ4v) is 4.60. The van der Waals surface area contributed by atoms with Crippen LogP contribution in [0.5, 0.6) is 5.75 Å². The number of carbonyl (C=O) groups is 1. The summed E-state index contributed by atoms with van der Waals surface area (Å²) < 4.78 is 33.9. The minimum absolute atomic E-state index is 0.0737. The molecule has 3 rings (SSSR count). The molecular weight excluding hydrogens is 506 g/mol. The van der Waals surface area contributed by atoms with Crippen molar-refractivity contribution >= 4 is 43.8 Å². The summed E-state index contributed by atoms with van der Waals surface area (Å²) in [4.78, 5) is 12.7. The number of nitrogens with one attached hydrogen (secondary N) is 1. The summed E-state index contributed by atoms with van der Waals surface area (Å²) in [6.07, 6.45) is 1.55. The Kier molecular flexibility index (Phi) is 8.24. The smallest absolute Gasteiger partial charge is 0.264 e. The molecule has 0 radical (unpaired) electrons. The highest BCUT2D eigenvalue weighted by atomic mass is 79.9. The van der Waals surface area contributed by atoms with Crippen LogP contribution >= 0.6 is 15.9 Å². The van der Waals surface area contributed by atoms with Gasteiger partial charge >= 0.3 is 0 Å². The Morgan fingerprint density at radius 2 is 1.67 bits per heavy atom. The number of hydrazone groups is 1. The second-order valence-electron chi connectivity index (χ2n) is 7.33. The molecule has 0 aliphatic heterocycles. The summed E-state index contributed by atoms with van der Waals surface area (Å²) >= 11 is 3.34. The third-order valence-corrected chi connectivity index (χ3v) is 6.70. The SMILES string of the molecule is CC(C)Oc1ccc(/C=N/NC(=O)CN(c2ccc(Br)cc2)S(=O)(=O)c2ccccc2)cc1. The van der Waals surface area contributed by atoms with E-state index in [1.165, 1.54) is 18.3 Å². The number of hydrogen-bond donors (Lipinski definition) is 1. The summed E-state index contributed by atoms with van der Waals surface area (Å²) in [6, 6.07) is 21.9. The van der Waals surface area contributed by atoms with Gasteiger partial charge in [-0.25, -0.2) is 13.8 Å². The molecule has 0 heterocycles. The van der Waals surface area contributed by atoms with Crippen molar-refractivity contribution in [1.29, 1.82) is 0 Å². The third kappa shape index (κ3) is 6.90. The molecule has 9 heteroatoms. The maximum absolute atomic E-state index is 13.2. The van der Waals surface area contributed by atoms with Crippen LogP contribution in [-0.2, 0) is 14.8 Å². The largest absolute Gasteiger partial charge is 0.491 e. The van der Waals surface area contributed by atoms with Crippen molar-refractivity contribution in [3.05, 3.63) is 88.9 Å². The van der Waals surface area contributed by atoms with Gasteiger partial charge < -0.3 is 4.74 Å². The van der Waals surface area contributed by atoms with Gasteiger partial charge in [-0.2, -0.15) is 5.10 Å². The van der Waals surface area contributed by atoms with Crippen LogP contribution in [-0.4, -0.2) is 33.2 Å². The highest BCUT2D eigenvalue weighted by Gasteiger charge is 2.27. The van der Waals surface area contributed by atoms with Crippen LogP contribution < -0.4 is 14.5 Å². The van der Waals surface area contributed by atoms with E-state index in [9.17, 15) is 13.2 Å². The molecule has 0 unspecified atom stereocenters.